The molecule has 0 spiro atoms. The molecule has 0 unspecified atom stereocenters. The summed E-state index contributed by atoms with van der Waals surface area (Å²) in [5.41, 5.74) is 4.05. The maximum Gasteiger partial charge on any atom is 0.274 e. The number of rotatable bonds is 3. The van der Waals surface area contributed by atoms with Gasteiger partial charge in [-0.15, -0.1) is 0 Å². The number of aryl methyl sites for hydroxylation is 1. The quantitative estimate of drug-likeness (QED) is 0.298. The Kier molecular flexibility index (Phi) is 5.68. The maximum atomic E-state index is 13.7. The Morgan fingerprint density at radius 3 is 2.54 bits per heavy atom. The first kappa shape index (κ1) is 23.9. The van der Waals surface area contributed by atoms with Gasteiger partial charge in [-0.3, -0.25) is 19.4 Å². The van der Waals surface area contributed by atoms with Gasteiger partial charge in [-0.1, -0.05) is 32.1 Å². The first-order valence-electron chi connectivity index (χ1n) is 13.8. The fraction of sp³-hybridized carbons (Fsp3) is 0.400. The Bertz CT molecular complexity index is 1830. The molecule has 1 aliphatic carbocycles. The highest BCUT2D eigenvalue weighted by Gasteiger charge is 2.27. The Hall–Kier alpha value is -4.14. The number of methoxy groups -OCH3 is 1. The number of ether oxygens (including phenoxy) is 3. The molecule has 4 heterocycles. The summed E-state index contributed by atoms with van der Waals surface area (Å²) in [6.45, 7) is 2.62. The van der Waals surface area contributed by atoms with Gasteiger partial charge in [0.2, 0.25) is 5.75 Å². The molecule has 2 aliphatic rings. The van der Waals surface area contributed by atoms with Gasteiger partial charge < -0.3 is 23.6 Å². The summed E-state index contributed by atoms with van der Waals surface area (Å²) in [4.78, 5) is 29.8. The van der Waals surface area contributed by atoms with E-state index in [0.29, 0.717) is 69.4 Å². The van der Waals surface area contributed by atoms with Crippen LogP contribution in [0.1, 0.15) is 56.6 Å². The summed E-state index contributed by atoms with van der Waals surface area (Å²) in [6, 6.07) is 7.26. The monoisotopic (exact) mass is 529 g/mol. The fourth-order valence-electron chi connectivity index (χ4n) is 6.27. The largest absolute Gasteiger partial charge is 0.493 e. The molecule has 7 rings (SSSR count). The lowest BCUT2D eigenvalue weighted by molar-refractivity contribution is 0.165. The highest BCUT2D eigenvalue weighted by atomic mass is 16.6. The van der Waals surface area contributed by atoms with Crippen molar-refractivity contribution in [1.29, 1.82) is 0 Å². The average molecular weight is 530 g/mol. The summed E-state index contributed by atoms with van der Waals surface area (Å²) >= 11 is 0. The first-order chi connectivity index (χ1) is 19.0. The van der Waals surface area contributed by atoms with Crippen LogP contribution in [0.4, 0.5) is 0 Å². The molecule has 1 fully saturated rings. The van der Waals surface area contributed by atoms with Gasteiger partial charge >= 0.3 is 0 Å². The Morgan fingerprint density at radius 2 is 1.74 bits per heavy atom. The Labute approximate surface area is 223 Å². The van der Waals surface area contributed by atoms with Gasteiger partial charge in [0.05, 0.1) is 24.1 Å². The van der Waals surface area contributed by atoms with Crippen molar-refractivity contribution < 1.29 is 18.6 Å². The maximum absolute atomic E-state index is 13.7. The number of nitrogens with one attached hydrogen (secondary N) is 2. The summed E-state index contributed by atoms with van der Waals surface area (Å²) in [7, 11) is 1.58. The van der Waals surface area contributed by atoms with Gasteiger partial charge in [0.1, 0.15) is 24.4 Å². The minimum atomic E-state index is -0.198. The minimum Gasteiger partial charge on any atom is -0.493 e. The SMILES string of the molecule is COc1cc(-c2c3oc4c(C)c(=O)ccc4c3[nH]c3c2c(=O)[nH]n3C2CCCCCCC2)cc2c1OCCO2. The zero-order chi connectivity index (χ0) is 26.7. The van der Waals surface area contributed by atoms with Crippen molar-refractivity contribution in [2.45, 2.75) is 57.9 Å². The second-order valence-corrected chi connectivity index (χ2v) is 10.6. The van der Waals surface area contributed by atoms with E-state index in [1.165, 1.54) is 19.3 Å². The van der Waals surface area contributed by atoms with Gasteiger partial charge in [0.25, 0.3) is 5.56 Å². The van der Waals surface area contributed by atoms with Crippen LogP contribution < -0.4 is 25.2 Å². The van der Waals surface area contributed by atoms with Crippen LogP contribution in [-0.4, -0.2) is 35.1 Å². The van der Waals surface area contributed by atoms with Crippen LogP contribution in [0.15, 0.2) is 38.3 Å². The van der Waals surface area contributed by atoms with Gasteiger partial charge in [-0.25, -0.2) is 0 Å². The van der Waals surface area contributed by atoms with Crippen LogP contribution >= 0.6 is 0 Å². The van der Waals surface area contributed by atoms with Crippen LogP contribution in [-0.2, 0) is 0 Å². The number of H-pyrrole nitrogens is 2. The second-order valence-electron chi connectivity index (χ2n) is 10.6. The number of benzene rings is 2. The Balaban J connectivity index is 1.59. The average Bonchev–Trinajstić information content (AvgIpc) is 3.46. The predicted octanol–water partition coefficient (Wildman–Crippen LogP) is 5.96. The van der Waals surface area contributed by atoms with Crippen molar-refractivity contribution in [3.63, 3.8) is 0 Å². The van der Waals surface area contributed by atoms with Crippen molar-refractivity contribution >= 4 is 33.1 Å². The summed E-state index contributed by atoms with van der Waals surface area (Å²) in [6.07, 6.45) is 7.94. The third kappa shape index (κ3) is 3.74. The molecule has 3 aromatic heterocycles. The zero-order valence-electron chi connectivity index (χ0n) is 22.1. The van der Waals surface area contributed by atoms with Crippen LogP contribution in [0.25, 0.3) is 44.2 Å². The van der Waals surface area contributed by atoms with E-state index < -0.39 is 0 Å². The standard InChI is InChI=1S/C30H31N3O6/c1-16-20(34)11-10-19-25-28(39-26(16)19)23(17-14-21(36-2)27-22(15-17)37-12-13-38-27)24-29(31-25)33(32-30(24)35)18-8-6-4-3-5-7-9-18/h10-11,14-15,18,31H,3-9,12-13H2,1-2H3,(H,32,35). The van der Waals surface area contributed by atoms with E-state index in [0.717, 1.165) is 36.6 Å². The highest BCUT2D eigenvalue weighted by molar-refractivity contribution is 6.15. The molecule has 1 saturated carbocycles. The van der Waals surface area contributed by atoms with Gasteiger partial charge in [-0.05, 0) is 49.6 Å². The molecular formula is C30H31N3O6. The predicted molar refractivity (Wildman–Crippen MR) is 150 cm³/mol. The van der Waals surface area contributed by atoms with Gasteiger partial charge in [0.15, 0.2) is 22.5 Å². The second kappa shape index (κ2) is 9.25. The molecule has 0 saturated heterocycles. The molecule has 0 radical (unpaired) electrons. The molecule has 39 heavy (non-hydrogen) atoms. The molecule has 1 aliphatic heterocycles. The lowest BCUT2D eigenvalue weighted by atomic mass is 9.96. The molecule has 5 aromatic rings. The van der Waals surface area contributed by atoms with E-state index in [9.17, 15) is 9.59 Å². The van der Waals surface area contributed by atoms with Gasteiger partial charge in [-0.2, -0.15) is 0 Å². The third-order valence-corrected chi connectivity index (χ3v) is 8.26. The number of fused-ring (bicyclic) bond motifs is 5. The smallest absolute Gasteiger partial charge is 0.274 e. The van der Waals surface area contributed by atoms with Crippen LogP contribution in [0.3, 0.4) is 0 Å². The number of furan rings is 1. The van der Waals surface area contributed by atoms with Crippen molar-refractivity contribution in [3.05, 3.63) is 50.4 Å². The number of hydrogen-bond acceptors (Lipinski definition) is 6. The molecule has 2 N–H and O–H groups in total. The summed E-state index contributed by atoms with van der Waals surface area (Å²) < 4.78 is 25.9. The van der Waals surface area contributed by atoms with Crippen LogP contribution in [0.5, 0.6) is 17.2 Å². The summed E-state index contributed by atoms with van der Waals surface area (Å²) in [5, 5.41) is 4.46. The zero-order valence-corrected chi connectivity index (χ0v) is 22.1. The molecule has 0 amide bonds. The molecule has 0 atom stereocenters. The van der Waals surface area contributed by atoms with Crippen LogP contribution in [0, 0.1) is 6.92 Å². The number of aromatic amines is 2. The molecule has 9 heteroatoms. The Morgan fingerprint density at radius 1 is 0.974 bits per heavy atom. The minimum absolute atomic E-state index is 0.0921. The van der Waals surface area contributed by atoms with Crippen molar-refractivity contribution in [2.75, 3.05) is 20.3 Å². The number of aromatic nitrogens is 3. The topological polar surface area (TPSA) is 111 Å². The van der Waals surface area contributed by atoms with Crippen molar-refractivity contribution in [1.82, 2.24) is 14.8 Å². The molecular weight excluding hydrogens is 498 g/mol. The molecule has 9 nitrogen and oxygen atoms in total. The molecule has 0 bridgehead atoms. The van der Waals surface area contributed by atoms with Crippen molar-refractivity contribution in [2.24, 2.45) is 0 Å². The number of pyridine rings is 1. The van der Waals surface area contributed by atoms with Crippen molar-refractivity contribution in [3.8, 4) is 28.4 Å². The van der Waals surface area contributed by atoms with E-state index >= 15 is 0 Å². The fourth-order valence-corrected chi connectivity index (χ4v) is 6.27. The normalized spacial score (nSPS) is 16.6. The lowest BCUT2D eigenvalue weighted by Crippen LogP contribution is -2.16. The number of hydrogen-bond donors (Lipinski definition) is 2. The number of nitrogens with zero attached hydrogens (tertiary/aromatic N) is 1. The van der Waals surface area contributed by atoms with E-state index in [1.54, 1.807) is 26.2 Å². The molecule has 202 valence electrons. The van der Waals surface area contributed by atoms with E-state index in [-0.39, 0.29) is 17.0 Å². The highest BCUT2D eigenvalue weighted by Crippen LogP contribution is 2.46. The van der Waals surface area contributed by atoms with Gasteiger partial charge in [0, 0.05) is 16.5 Å². The lowest BCUT2D eigenvalue weighted by Gasteiger charge is -2.22. The molecule has 2 aromatic carbocycles. The third-order valence-electron chi connectivity index (χ3n) is 8.26. The van der Waals surface area contributed by atoms with Crippen LogP contribution in [0.2, 0.25) is 0 Å². The van der Waals surface area contributed by atoms with E-state index in [4.69, 9.17) is 18.6 Å². The van der Waals surface area contributed by atoms with E-state index in [1.807, 2.05) is 16.8 Å². The first-order valence-corrected chi connectivity index (χ1v) is 13.8. The summed E-state index contributed by atoms with van der Waals surface area (Å²) in [5.74, 6) is 1.61. The van der Waals surface area contributed by atoms with E-state index in [2.05, 4.69) is 10.1 Å².